The molecule has 21 heavy (non-hydrogen) atoms. The van der Waals surface area contributed by atoms with Gasteiger partial charge >= 0.3 is 0 Å². The summed E-state index contributed by atoms with van der Waals surface area (Å²) < 4.78 is 0. The van der Waals surface area contributed by atoms with Crippen LogP contribution in [0.15, 0.2) is 48.5 Å². The van der Waals surface area contributed by atoms with E-state index in [0.717, 1.165) is 22.4 Å². The van der Waals surface area contributed by atoms with Gasteiger partial charge in [-0.2, -0.15) is 0 Å². The van der Waals surface area contributed by atoms with Crippen LogP contribution in [0.2, 0.25) is 0 Å². The number of aryl methyl sites for hydroxylation is 2. The SMILES string of the molecule is Cc1ccc(C)c(NC(=O)C(C(N)=S)c2ccccc2)c1. The van der Waals surface area contributed by atoms with E-state index in [1.807, 2.05) is 62.4 Å². The van der Waals surface area contributed by atoms with E-state index in [-0.39, 0.29) is 10.9 Å². The summed E-state index contributed by atoms with van der Waals surface area (Å²) in [6, 6.07) is 15.3. The van der Waals surface area contributed by atoms with Gasteiger partial charge in [0.05, 0.1) is 4.99 Å². The number of amides is 1. The van der Waals surface area contributed by atoms with Gasteiger partial charge in [0.25, 0.3) is 0 Å². The molecule has 2 aromatic carbocycles. The van der Waals surface area contributed by atoms with Crippen molar-refractivity contribution in [3.8, 4) is 0 Å². The van der Waals surface area contributed by atoms with Crippen LogP contribution in [0.5, 0.6) is 0 Å². The molecule has 3 N–H and O–H groups in total. The lowest BCUT2D eigenvalue weighted by Gasteiger charge is -2.17. The molecule has 0 saturated carbocycles. The molecule has 0 spiro atoms. The topological polar surface area (TPSA) is 55.1 Å². The van der Waals surface area contributed by atoms with Gasteiger partial charge < -0.3 is 11.1 Å². The largest absolute Gasteiger partial charge is 0.392 e. The van der Waals surface area contributed by atoms with Crippen molar-refractivity contribution in [2.45, 2.75) is 19.8 Å². The van der Waals surface area contributed by atoms with E-state index in [1.54, 1.807) is 0 Å². The summed E-state index contributed by atoms with van der Waals surface area (Å²) in [7, 11) is 0. The van der Waals surface area contributed by atoms with E-state index < -0.39 is 5.92 Å². The first-order chi connectivity index (χ1) is 9.99. The van der Waals surface area contributed by atoms with Gasteiger partial charge in [-0.1, -0.05) is 54.7 Å². The summed E-state index contributed by atoms with van der Waals surface area (Å²) in [5.74, 6) is -0.830. The summed E-state index contributed by atoms with van der Waals surface area (Å²) in [5.41, 5.74) is 9.44. The zero-order valence-electron chi connectivity index (χ0n) is 12.1. The third kappa shape index (κ3) is 3.67. The second-order valence-electron chi connectivity index (χ2n) is 5.05. The molecule has 0 heterocycles. The fourth-order valence-corrected chi connectivity index (χ4v) is 2.41. The summed E-state index contributed by atoms with van der Waals surface area (Å²) in [4.78, 5) is 12.7. The maximum absolute atomic E-state index is 12.5. The van der Waals surface area contributed by atoms with Crippen molar-refractivity contribution in [3.05, 3.63) is 65.2 Å². The van der Waals surface area contributed by atoms with Crippen molar-refractivity contribution >= 4 is 28.8 Å². The molecule has 0 fully saturated rings. The van der Waals surface area contributed by atoms with Gasteiger partial charge in [0.1, 0.15) is 5.92 Å². The van der Waals surface area contributed by atoms with Crippen molar-refractivity contribution in [2.75, 3.05) is 5.32 Å². The van der Waals surface area contributed by atoms with Crippen LogP contribution in [0.1, 0.15) is 22.6 Å². The molecular weight excluding hydrogens is 280 g/mol. The van der Waals surface area contributed by atoms with Crippen molar-refractivity contribution < 1.29 is 4.79 Å². The van der Waals surface area contributed by atoms with E-state index in [9.17, 15) is 4.79 Å². The molecule has 0 aliphatic rings. The highest BCUT2D eigenvalue weighted by Crippen LogP contribution is 2.21. The van der Waals surface area contributed by atoms with Crippen LogP contribution in [0.3, 0.4) is 0 Å². The molecule has 0 radical (unpaired) electrons. The number of hydrogen-bond donors (Lipinski definition) is 2. The van der Waals surface area contributed by atoms with Crippen LogP contribution >= 0.6 is 12.2 Å². The minimum atomic E-state index is -0.624. The lowest BCUT2D eigenvalue weighted by atomic mass is 9.98. The number of carbonyl (C=O) groups excluding carboxylic acids is 1. The third-order valence-corrected chi connectivity index (χ3v) is 3.57. The zero-order chi connectivity index (χ0) is 15.4. The number of nitrogens with one attached hydrogen (secondary N) is 1. The predicted molar refractivity (Wildman–Crippen MR) is 90.5 cm³/mol. The Bertz CT molecular complexity index is 668. The number of anilines is 1. The quantitative estimate of drug-likeness (QED) is 0.851. The zero-order valence-corrected chi connectivity index (χ0v) is 12.9. The lowest BCUT2D eigenvalue weighted by molar-refractivity contribution is -0.116. The highest BCUT2D eigenvalue weighted by Gasteiger charge is 2.23. The maximum Gasteiger partial charge on any atom is 0.238 e. The maximum atomic E-state index is 12.5. The molecule has 108 valence electrons. The van der Waals surface area contributed by atoms with Crippen LogP contribution < -0.4 is 11.1 Å². The minimum absolute atomic E-state index is 0.170. The molecule has 0 aliphatic heterocycles. The smallest absolute Gasteiger partial charge is 0.238 e. The van der Waals surface area contributed by atoms with Gasteiger partial charge in [0, 0.05) is 5.69 Å². The first kappa shape index (κ1) is 15.2. The Morgan fingerprint density at radius 3 is 2.43 bits per heavy atom. The summed E-state index contributed by atoms with van der Waals surface area (Å²) in [5, 5.41) is 2.92. The fourth-order valence-electron chi connectivity index (χ4n) is 2.17. The molecule has 0 bridgehead atoms. The second kappa shape index (κ2) is 6.50. The predicted octanol–water partition coefficient (Wildman–Crippen LogP) is 3.31. The summed E-state index contributed by atoms with van der Waals surface area (Å²) >= 11 is 5.07. The Morgan fingerprint density at radius 1 is 1.14 bits per heavy atom. The van der Waals surface area contributed by atoms with Gasteiger partial charge in [0.2, 0.25) is 5.91 Å². The molecular formula is C17H18N2OS. The highest BCUT2D eigenvalue weighted by molar-refractivity contribution is 7.80. The third-order valence-electron chi connectivity index (χ3n) is 3.33. The van der Waals surface area contributed by atoms with Crippen molar-refractivity contribution in [1.29, 1.82) is 0 Å². The molecule has 0 saturated heterocycles. The molecule has 2 rings (SSSR count). The Labute approximate surface area is 130 Å². The van der Waals surface area contributed by atoms with Gasteiger partial charge in [-0.3, -0.25) is 4.79 Å². The molecule has 0 aliphatic carbocycles. The second-order valence-corrected chi connectivity index (χ2v) is 5.53. The first-order valence-electron chi connectivity index (χ1n) is 6.71. The van der Waals surface area contributed by atoms with Crippen LogP contribution in [0, 0.1) is 13.8 Å². The van der Waals surface area contributed by atoms with E-state index in [1.165, 1.54) is 0 Å². The summed E-state index contributed by atoms with van der Waals surface area (Å²) in [6.45, 7) is 3.94. The van der Waals surface area contributed by atoms with Gasteiger partial charge in [0.15, 0.2) is 0 Å². The number of benzene rings is 2. The number of nitrogens with two attached hydrogens (primary N) is 1. The van der Waals surface area contributed by atoms with Gasteiger partial charge in [-0.25, -0.2) is 0 Å². The number of hydrogen-bond acceptors (Lipinski definition) is 2. The van der Waals surface area contributed by atoms with Crippen molar-refractivity contribution in [3.63, 3.8) is 0 Å². The number of thiocarbonyl (C=S) groups is 1. The first-order valence-corrected chi connectivity index (χ1v) is 7.12. The molecule has 0 aromatic heterocycles. The summed E-state index contributed by atoms with van der Waals surface area (Å²) in [6.07, 6.45) is 0. The molecule has 4 heteroatoms. The Balaban J connectivity index is 2.28. The standard InChI is InChI=1S/C17H18N2OS/c1-11-8-9-12(2)14(10-11)19-17(20)15(16(18)21)13-6-4-3-5-7-13/h3-10,15H,1-2H3,(H2,18,21)(H,19,20). The molecule has 3 nitrogen and oxygen atoms in total. The monoisotopic (exact) mass is 298 g/mol. The Morgan fingerprint density at radius 2 is 1.81 bits per heavy atom. The molecule has 1 atom stereocenters. The Hall–Kier alpha value is -2.20. The molecule has 2 aromatic rings. The normalized spacial score (nSPS) is 11.7. The van der Waals surface area contributed by atoms with Crippen LogP contribution in [0.25, 0.3) is 0 Å². The van der Waals surface area contributed by atoms with E-state index in [2.05, 4.69) is 5.32 Å². The molecule has 1 amide bonds. The fraction of sp³-hybridized carbons (Fsp3) is 0.176. The van der Waals surface area contributed by atoms with E-state index >= 15 is 0 Å². The van der Waals surface area contributed by atoms with Crippen LogP contribution in [-0.2, 0) is 4.79 Å². The average molecular weight is 298 g/mol. The molecule has 1 unspecified atom stereocenters. The van der Waals surface area contributed by atoms with Gasteiger partial charge in [-0.05, 0) is 36.6 Å². The highest BCUT2D eigenvalue weighted by atomic mass is 32.1. The van der Waals surface area contributed by atoms with Crippen LogP contribution in [0.4, 0.5) is 5.69 Å². The van der Waals surface area contributed by atoms with Crippen LogP contribution in [-0.4, -0.2) is 10.9 Å². The van der Waals surface area contributed by atoms with Gasteiger partial charge in [-0.15, -0.1) is 0 Å². The Kier molecular flexibility index (Phi) is 4.70. The number of rotatable bonds is 4. The average Bonchev–Trinajstić information content (AvgIpc) is 2.44. The van der Waals surface area contributed by atoms with E-state index in [4.69, 9.17) is 18.0 Å². The van der Waals surface area contributed by atoms with Crippen molar-refractivity contribution in [2.24, 2.45) is 5.73 Å². The number of carbonyl (C=O) groups is 1. The lowest BCUT2D eigenvalue weighted by Crippen LogP contribution is -2.31. The van der Waals surface area contributed by atoms with Crippen molar-refractivity contribution in [1.82, 2.24) is 0 Å². The van der Waals surface area contributed by atoms with E-state index in [0.29, 0.717) is 0 Å². The minimum Gasteiger partial charge on any atom is -0.392 e.